The molecule has 0 saturated heterocycles. The van der Waals surface area contributed by atoms with E-state index in [0.29, 0.717) is 11.1 Å². The van der Waals surface area contributed by atoms with Gasteiger partial charge in [-0.2, -0.15) is 0 Å². The Morgan fingerprint density at radius 1 is 1.44 bits per heavy atom. The second-order valence-corrected chi connectivity index (χ2v) is 4.80. The van der Waals surface area contributed by atoms with E-state index < -0.39 is 0 Å². The van der Waals surface area contributed by atoms with Gasteiger partial charge in [-0.15, -0.1) is 0 Å². The van der Waals surface area contributed by atoms with E-state index in [4.69, 9.17) is 11.6 Å². The Bertz CT molecular complexity index is 346. The molecule has 1 aliphatic rings. The van der Waals surface area contributed by atoms with Crippen molar-refractivity contribution in [3.63, 3.8) is 0 Å². The fourth-order valence-electron chi connectivity index (χ4n) is 2.20. The number of anilines is 1. The Hall–Kier alpha value is -0.800. The summed E-state index contributed by atoms with van der Waals surface area (Å²) in [6.45, 7) is 0.865. The Labute approximate surface area is 101 Å². The van der Waals surface area contributed by atoms with Crippen molar-refractivity contribution in [1.29, 1.82) is 0 Å². The highest BCUT2D eigenvalue weighted by atomic mass is 35.5. The van der Waals surface area contributed by atoms with Crippen molar-refractivity contribution in [2.45, 2.75) is 31.8 Å². The summed E-state index contributed by atoms with van der Waals surface area (Å²) in [6, 6.07) is 5.55. The first kappa shape index (κ1) is 11.7. The van der Waals surface area contributed by atoms with Crippen molar-refractivity contribution in [2.24, 2.45) is 5.92 Å². The van der Waals surface area contributed by atoms with Gasteiger partial charge in [0, 0.05) is 6.54 Å². The topological polar surface area (TPSA) is 45.1 Å². The SMILES string of the molecule is OC1CCCC(CNc2cccc(Cl)n2)C1. The normalized spacial score (nSPS) is 25.4. The van der Waals surface area contributed by atoms with Crippen LogP contribution >= 0.6 is 11.6 Å². The molecule has 0 radical (unpaired) electrons. The van der Waals surface area contributed by atoms with Crippen molar-refractivity contribution in [1.82, 2.24) is 4.98 Å². The molecule has 3 nitrogen and oxygen atoms in total. The Kier molecular flexibility index (Phi) is 4.02. The first-order valence-electron chi connectivity index (χ1n) is 5.78. The van der Waals surface area contributed by atoms with Gasteiger partial charge in [0.25, 0.3) is 0 Å². The van der Waals surface area contributed by atoms with Crippen LogP contribution in [0, 0.1) is 5.92 Å². The molecule has 0 spiro atoms. The van der Waals surface area contributed by atoms with Crippen LogP contribution in [-0.2, 0) is 0 Å². The molecule has 2 rings (SSSR count). The molecule has 2 N–H and O–H groups in total. The molecular weight excluding hydrogens is 224 g/mol. The molecule has 1 heterocycles. The lowest BCUT2D eigenvalue weighted by Gasteiger charge is -2.26. The summed E-state index contributed by atoms with van der Waals surface area (Å²) in [6.07, 6.45) is 4.04. The molecule has 1 saturated carbocycles. The van der Waals surface area contributed by atoms with Gasteiger partial charge >= 0.3 is 0 Å². The maximum Gasteiger partial charge on any atom is 0.131 e. The van der Waals surface area contributed by atoms with E-state index in [1.165, 1.54) is 6.42 Å². The summed E-state index contributed by atoms with van der Waals surface area (Å²) in [5, 5.41) is 13.3. The van der Waals surface area contributed by atoms with Gasteiger partial charge in [0.05, 0.1) is 6.10 Å². The van der Waals surface area contributed by atoms with E-state index in [9.17, 15) is 5.11 Å². The molecule has 1 aliphatic carbocycles. The fraction of sp³-hybridized carbons (Fsp3) is 0.583. The zero-order valence-corrected chi connectivity index (χ0v) is 9.95. The van der Waals surface area contributed by atoms with E-state index in [1.54, 1.807) is 6.07 Å². The lowest BCUT2D eigenvalue weighted by atomic mass is 9.87. The van der Waals surface area contributed by atoms with Crippen molar-refractivity contribution in [3.8, 4) is 0 Å². The second kappa shape index (κ2) is 5.51. The van der Waals surface area contributed by atoms with Gasteiger partial charge in [0.2, 0.25) is 0 Å². The maximum absolute atomic E-state index is 9.56. The van der Waals surface area contributed by atoms with Gasteiger partial charge in [0.15, 0.2) is 0 Å². The molecule has 1 aromatic rings. The Balaban J connectivity index is 1.82. The summed E-state index contributed by atoms with van der Waals surface area (Å²) >= 11 is 5.80. The maximum atomic E-state index is 9.56. The van der Waals surface area contributed by atoms with Crippen molar-refractivity contribution < 1.29 is 5.11 Å². The molecule has 0 amide bonds. The van der Waals surface area contributed by atoms with Crippen molar-refractivity contribution in [3.05, 3.63) is 23.4 Å². The first-order valence-corrected chi connectivity index (χ1v) is 6.16. The molecule has 0 aromatic carbocycles. The van der Waals surface area contributed by atoms with Crippen LogP contribution in [0.15, 0.2) is 18.2 Å². The summed E-state index contributed by atoms with van der Waals surface area (Å²) in [5.41, 5.74) is 0. The monoisotopic (exact) mass is 240 g/mol. The van der Waals surface area contributed by atoms with Gasteiger partial charge < -0.3 is 10.4 Å². The van der Waals surface area contributed by atoms with Crippen LogP contribution in [0.4, 0.5) is 5.82 Å². The molecule has 0 bridgehead atoms. The number of pyridine rings is 1. The predicted octanol–water partition coefficient (Wildman–Crippen LogP) is 2.70. The van der Waals surface area contributed by atoms with Crippen LogP contribution in [0.1, 0.15) is 25.7 Å². The average molecular weight is 241 g/mol. The zero-order chi connectivity index (χ0) is 11.4. The van der Waals surface area contributed by atoms with Crippen molar-refractivity contribution >= 4 is 17.4 Å². The predicted molar refractivity (Wildman–Crippen MR) is 65.7 cm³/mol. The smallest absolute Gasteiger partial charge is 0.131 e. The molecule has 2 unspecified atom stereocenters. The molecule has 1 fully saturated rings. The summed E-state index contributed by atoms with van der Waals surface area (Å²) in [4.78, 5) is 4.17. The van der Waals surface area contributed by atoms with Crippen LogP contribution in [-0.4, -0.2) is 22.7 Å². The molecule has 88 valence electrons. The highest BCUT2D eigenvalue weighted by molar-refractivity contribution is 6.29. The van der Waals surface area contributed by atoms with E-state index in [1.807, 2.05) is 12.1 Å². The quantitative estimate of drug-likeness (QED) is 0.799. The van der Waals surface area contributed by atoms with Crippen LogP contribution in [0.5, 0.6) is 0 Å². The number of nitrogens with zero attached hydrogens (tertiary/aromatic N) is 1. The molecule has 4 heteroatoms. The Morgan fingerprint density at radius 2 is 2.31 bits per heavy atom. The van der Waals surface area contributed by atoms with Gasteiger partial charge in [0.1, 0.15) is 11.0 Å². The van der Waals surface area contributed by atoms with E-state index in [-0.39, 0.29) is 6.10 Å². The minimum atomic E-state index is -0.118. The third-order valence-corrected chi connectivity index (χ3v) is 3.25. The first-order chi connectivity index (χ1) is 7.74. The number of rotatable bonds is 3. The lowest BCUT2D eigenvalue weighted by molar-refractivity contribution is 0.104. The van der Waals surface area contributed by atoms with Crippen molar-refractivity contribution in [2.75, 3.05) is 11.9 Å². The van der Waals surface area contributed by atoms with Gasteiger partial charge in [-0.05, 0) is 37.3 Å². The van der Waals surface area contributed by atoms with Crippen LogP contribution in [0.3, 0.4) is 0 Å². The minimum absolute atomic E-state index is 0.118. The number of aliphatic hydroxyl groups excluding tert-OH is 1. The largest absolute Gasteiger partial charge is 0.393 e. The summed E-state index contributed by atoms with van der Waals surface area (Å²) in [7, 11) is 0. The van der Waals surface area contributed by atoms with E-state index in [2.05, 4.69) is 10.3 Å². The Morgan fingerprint density at radius 3 is 3.06 bits per heavy atom. The van der Waals surface area contributed by atoms with E-state index in [0.717, 1.165) is 31.6 Å². The highest BCUT2D eigenvalue weighted by Gasteiger charge is 2.19. The number of hydrogen-bond donors (Lipinski definition) is 2. The lowest BCUT2D eigenvalue weighted by Crippen LogP contribution is -2.25. The molecule has 0 aliphatic heterocycles. The number of hydrogen-bond acceptors (Lipinski definition) is 3. The molecular formula is C12H17ClN2O. The number of nitrogens with one attached hydrogen (secondary N) is 1. The second-order valence-electron chi connectivity index (χ2n) is 4.41. The fourth-order valence-corrected chi connectivity index (χ4v) is 2.37. The standard InChI is InChI=1S/C12H17ClN2O/c13-11-5-2-6-12(15-11)14-8-9-3-1-4-10(16)7-9/h2,5-6,9-10,16H,1,3-4,7-8H2,(H,14,15). The summed E-state index contributed by atoms with van der Waals surface area (Å²) < 4.78 is 0. The highest BCUT2D eigenvalue weighted by Crippen LogP contribution is 2.24. The van der Waals surface area contributed by atoms with Crippen LogP contribution in [0.25, 0.3) is 0 Å². The third-order valence-electron chi connectivity index (χ3n) is 3.04. The third kappa shape index (κ3) is 3.35. The van der Waals surface area contributed by atoms with Gasteiger partial charge in [-0.25, -0.2) is 4.98 Å². The van der Waals surface area contributed by atoms with Crippen LogP contribution in [0.2, 0.25) is 5.15 Å². The van der Waals surface area contributed by atoms with Gasteiger partial charge in [-0.3, -0.25) is 0 Å². The minimum Gasteiger partial charge on any atom is -0.393 e. The van der Waals surface area contributed by atoms with Crippen LogP contribution < -0.4 is 5.32 Å². The zero-order valence-electron chi connectivity index (χ0n) is 9.19. The van der Waals surface area contributed by atoms with Gasteiger partial charge in [-0.1, -0.05) is 24.1 Å². The number of aliphatic hydroxyl groups is 1. The number of aromatic nitrogens is 1. The average Bonchev–Trinajstić information content (AvgIpc) is 2.27. The molecule has 1 aromatic heterocycles. The number of halogens is 1. The van der Waals surface area contributed by atoms with E-state index >= 15 is 0 Å². The molecule has 16 heavy (non-hydrogen) atoms. The molecule has 2 atom stereocenters. The summed E-state index contributed by atoms with van der Waals surface area (Å²) in [5.74, 6) is 1.36.